The summed E-state index contributed by atoms with van der Waals surface area (Å²) < 4.78 is 28.1. The molecule has 0 bridgehead atoms. The van der Waals surface area contributed by atoms with Gasteiger partial charge in [0.05, 0.1) is 0 Å². The van der Waals surface area contributed by atoms with E-state index in [2.05, 4.69) is 5.32 Å². The Kier molecular flexibility index (Phi) is 3.77. The van der Waals surface area contributed by atoms with E-state index in [1.54, 1.807) is 12.1 Å². The highest BCUT2D eigenvalue weighted by Crippen LogP contribution is 2.33. The third kappa shape index (κ3) is 3.25. The van der Waals surface area contributed by atoms with Gasteiger partial charge in [-0.1, -0.05) is 29.8 Å². The molecule has 0 amide bonds. The van der Waals surface area contributed by atoms with Crippen molar-refractivity contribution in [1.29, 1.82) is 0 Å². The molecule has 0 radical (unpaired) electrons. The molecule has 2 rings (SSSR count). The molecule has 1 saturated heterocycles. The molecule has 1 fully saturated rings. The van der Waals surface area contributed by atoms with Gasteiger partial charge in [-0.15, -0.1) is 0 Å². The van der Waals surface area contributed by atoms with Crippen LogP contribution >= 0.6 is 0 Å². The standard InChI is InChI=1S/C14H19F2N/c1-11-4-6-12(7-5-11)9-14(15,16)13-3-2-8-17-10-13/h4-7,13,17H,2-3,8-10H2,1H3. The Balaban J connectivity index is 2.02. The topological polar surface area (TPSA) is 12.0 Å². The average molecular weight is 239 g/mol. The van der Waals surface area contributed by atoms with Crippen molar-refractivity contribution in [2.24, 2.45) is 5.92 Å². The van der Waals surface area contributed by atoms with Gasteiger partial charge < -0.3 is 5.32 Å². The Morgan fingerprint density at radius 2 is 2.00 bits per heavy atom. The van der Waals surface area contributed by atoms with E-state index >= 15 is 0 Å². The van der Waals surface area contributed by atoms with E-state index in [4.69, 9.17) is 0 Å². The zero-order valence-electron chi connectivity index (χ0n) is 10.2. The van der Waals surface area contributed by atoms with Crippen LogP contribution in [0.1, 0.15) is 24.0 Å². The molecule has 3 heteroatoms. The molecule has 1 heterocycles. The molecule has 1 aliphatic rings. The van der Waals surface area contributed by atoms with Crippen molar-refractivity contribution in [3.05, 3.63) is 35.4 Å². The Morgan fingerprint density at radius 1 is 1.29 bits per heavy atom. The molecule has 1 N–H and O–H groups in total. The lowest BCUT2D eigenvalue weighted by molar-refractivity contribution is -0.0647. The van der Waals surface area contributed by atoms with Crippen molar-refractivity contribution < 1.29 is 8.78 Å². The molecule has 1 aromatic carbocycles. The second-order valence-electron chi connectivity index (χ2n) is 4.97. The number of aryl methyl sites for hydroxylation is 1. The predicted molar refractivity (Wildman–Crippen MR) is 65.4 cm³/mol. The molecule has 1 unspecified atom stereocenters. The van der Waals surface area contributed by atoms with Crippen LogP contribution in [0.3, 0.4) is 0 Å². The Bertz CT molecular complexity index is 353. The van der Waals surface area contributed by atoms with Gasteiger partial charge in [0.25, 0.3) is 5.92 Å². The minimum atomic E-state index is -2.59. The van der Waals surface area contributed by atoms with Crippen LogP contribution < -0.4 is 5.32 Å². The van der Waals surface area contributed by atoms with Gasteiger partial charge in [-0.05, 0) is 31.9 Å². The first-order valence-corrected chi connectivity index (χ1v) is 6.22. The minimum absolute atomic E-state index is 0.139. The fourth-order valence-electron chi connectivity index (χ4n) is 2.33. The first-order valence-electron chi connectivity index (χ1n) is 6.22. The van der Waals surface area contributed by atoms with Gasteiger partial charge >= 0.3 is 0 Å². The normalized spacial score (nSPS) is 21.5. The van der Waals surface area contributed by atoms with Crippen LogP contribution in [-0.4, -0.2) is 19.0 Å². The molecule has 1 nitrogen and oxygen atoms in total. The van der Waals surface area contributed by atoms with E-state index in [9.17, 15) is 8.78 Å². The summed E-state index contributed by atoms with van der Waals surface area (Å²) in [5, 5.41) is 3.06. The summed E-state index contributed by atoms with van der Waals surface area (Å²) in [6.07, 6.45) is 1.35. The SMILES string of the molecule is Cc1ccc(CC(F)(F)C2CCCNC2)cc1. The van der Waals surface area contributed by atoms with E-state index < -0.39 is 11.8 Å². The number of hydrogen-bond acceptors (Lipinski definition) is 1. The van der Waals surface area contributed by atoms with Gasteiger partial charge in [0.15, 0.2) is 0 Å². The van der Waals surface area contributed by atoms with E-state index in [1.807, 2.05) is 19.1 Å². The van der Waals surface area contributed by atoms with Crippen LogP contribution in [0.4, 0.5) is 8.78 Å². The fourth-order valence-corrected chi connectivity index (χ4v) is 2.33. The van der Waals surface area contributed by atoms with E-state index in [1.165, 1.54) is 0 Å². The molecular formula is C14H19F2N. The first-order chi connectivity index (χ1) is 8.08. The quantitative estimate of drug-likeness (QED) is 0.854. The maximum absolute atomic E-state index is 14.1. The Morgan fingerprint density at radius 3 is 2.59 bits per heavy atom. The number of alkyl halides is 2. The Hall–Kier alpha value is -0.960. The van der Waals surface area contributed by atoms with Crippen LogP contribution in [0.15, 0.2) is 24.3 Å². The lowest BCUT2D eigenvalue weighted by Crippen LogP contribution is -2.41. The van der Waals surface area contributed by atoms with Gasteiger partial charge in [0, 0.05) is 18.9 Å². The lowest BCUT2D eigenvalue weighted by Gasteiger charge is -2.30. The van der Waals surface area contributed by atoms with Gasteiger partial charge in [0.2, 0.25) is 0 Å². The maximum atomic E-state index is 14.1. The van der Waals surface area contributed by atoms with Crippen LogP contribution in [0.25, 0.3) is 0 Å². The summed E-state index contributed by atoms with van der Waals surface area (Å²) in [6, 6.07) is 7.40. The van der Waals surface area contributed by atoms with Crippen LogP contribution in [0, 0.1) is 12.8 Å². The number of piperidine rings is 1. The number of benzene rings is 1. The van der Waals surface area contributed by atoms with Crippen LogP contribution in [0.5, 0.6) is 0 Å². The fraction of sp³-hybridized carbons (Fsp3) is 0.571. The van der Waals surface area contributed by atoms with Gasteiger partial charge in [-0.3, -0.25) is 0 Å². The number of halogens is 2. The second-order valence-corrected chi connectivity index (χ2v) is 4.97. The van der Waals surface area contributed by atoms with Gasteiger partial charge in [-0.25, -0.2) is 8.78 Å². The predicted octanol–water partition coefficient (Wildman–Crippen LogP) is 3.17. The average Bonchev–Trinajstić information content (AvgIpc) is 2.33. The van der Waals surface area contributed by atoms with Crippen molar-refractivity contribution in [1.82, 2.24) is 5.32 Å². The first kappa shape index (κ1) is 12.5. The molecule has 0 spiro atoms. The summed E-state index contributed by atoms with van der Waals surface area (Å²) in [5.74, 6) is -3.11. The van der Waals surface area contributed by atoms with Gasteiger partial charge in [0.1, 0.15) is 0 Å². The highest BCUT2D eigenvalue weighted by Gasteiger charge is 2.39. The zero-order chi connectivity index (χ0) is 12.3. The molecule has 0 aliphatic carbocycles. The van der Waals surface area contributed by atoms with Crippen molar-refractivity contribution in [3.63, 3.8) is 0 Å². The summed E-state index contributed by atoms with van der Waals surface area (Å²) in [5.41, 5.74) is 1.84. The third-order valence-corrected chi connectivity index (χ3v) is 3.45. The third-order valence-electron chi connectivity index (χ3n) is 3.45. The molecule has 0 aromatic heterocycles. The summed E-state index contributed by atoms with van der Waals surface area (Å²) in [6.45, 7) is 3.28. The maximum Gasteiger partial charge on any atom is 0.256 e. The number of rotatable bonds is 3. The van der Waals surface area contributed by atoms with Crippen molar-refractivity contribution in [2.75, 3.05) is 13.1 Å². The zero-order valence-corrected chi connectivity index (χ0v) is 10.2. The van der Waals surface area contributed by atoms with Crippen molar-refractivity contribution in [3.8, 4) is 0 Å². The number of nitrogens with one attached hydrogen (secondary N) is 1. The Labute approximate surface area is 101 Å². The summed E-state index contributed by atoms with van der Waals surface area (Å²) in [4.78, 5) is 0. The molecule has 1 atom stereocenters. The number of hydrogen-bond donors (Lipinski definition) is 1. The second kappa shape index (κ2) is 5.13. The van der Waals surface area contributed by atoms with E-state index in [0.29, 0.717) is 13.0 Å². The molecular weight excluding hydrogens is 220 g/mol. The van der Waals surface area contributed by atoms with Crippen LogP contribution in [0.2, 0.25) is 0 Å². The minimum Gasteiger partial charge on any atom is -0.316 e. The van der Waals surface area contributed by atoms with Gasteiger partial charge in [-0.2, -0.15) is 0 Å². The molecule has 0 saturated carbocycles. The van der Waals surface area contributed by atoms with E-state index in [-0.39, 0.29) is 6.42 Å². The van der Waals surface area contributed by atoms with E-state index in [0.717, 1.165) is 24.1 Å². The van der Waals surface area contributed by atoms with Crippen molar-refractivity contribution in [2.45, 2.75) is 32.1 Å². The molecule has 94 valence electrons. The monoisotopic (exact) mass is 239 g/mol. The molecule has 17 heavy (non-hydrogen) atoms. The van der Waals surface area contributed by atoms with Crippen LogP contribution in [-0.2, 0) is 6.42 Å². The lowest BCUT2D eigenvalue weighted by atomic mass is 9.89. The molecule has 1 aromatic rings. The molecule has 1 aliphatic heterocycles. The highest BCUT2D eigenvalue weighted by atomic mass is 19.3. The largest absolute Gasteiger partial charge is 0.316 e. The highest BCUT2D eigenvalue weighted by molar-refractivity contribution is 5.22. The summed E-state index contributed by atoms with van der Waals surface area (Å²) >= 11 is 0. The summed E-state index contributed by atoms with van der Waals surface area (Å²) in [7, 11) is 0. The van der Waals surface area contributed by atoms with Crippen molar-refractivity contribution >= 4 is 0 Å². The smallest absolute Gasteiger partial charge is 0.256 e.